The number of carbonyl (C=O) groups excluding carboxylic acids is 1. The molecule has 27 heavy (non-hydrogen) atoms. The number of rotatable bonds is 5. The molecule has 2 aromatic carbocycles. The molecule has 4 aromatic rings. The Morgan fingerprint density at radius 3 is 2.78 bits per heavy atom. The number of aromatic amines is 2. The number of hydrogen-bond acceptors (Lipinski definition) is 6. The van der Waals surface area contributed by atoms with Crippen molar-refractivity contribution in [2.75, 3.05) is 0 Å². The van der Waals surface area contributed by atoms with E-state index in [0.717, 1.165) is 5.56 Å². The Bertz CT molecular complexity index is 1160. The molecule has 2 aromatic heterocycles. The maximum absolute atomic E-state index is 12.9. The lowest BCUT2D eigenvalue weighted by Crippen LogP contribution is -2.07. The normalized spacial score (nSPS) is 11.0. The summed E-state index contributed by atoms with van der Waals surface area (Å²) in [5.41, 5.74) is 1.51. The number of ether oxygens (including phenoxy) is 1. The smallest absolute Gasteiger partial charge is 0.340 e. The zero-order valence-corrected chi connectivity index (χ0v) is 13.9. The number of H-pyrrole nitrogens is 2. The van der Waals surface area contributed by atoms with Crippen LogP contribution in [0.2, 0.25) is 0 Å². The van der Waals surface area contributed by atoms with Gasteiger partial charge in [-0.25, -0.2) is 14.0 Å². The largest absolute Gasteiger partial charge is 0.452 e. The quantitative estimate of drug-likeness (QED) is 0.523. The topological polar surface area (TPSA) is 114 Å². The van der Waals surface area contributed by atoms with Gasteiger partial charge in [-0.15, -0.1) is 0 Å². The van der Waals surface area contributed by atoms with Crippen molar-refractivity contribution in [1.29, 1.82) is 0 Å². The van der Waals surface area contributed by atoms with E-state index < -0.39 is 11.7 Å². The van der Waals surface area contributed by atoms with Gasteiger partial charge in [0, 0.05) is 6.42 Å². The minimum absolute atomic E-state index is 0.134. The highest BCUT2D eigenvalue weighted by Crippen LogP contribution is 2.15. The van der Waals surface area contributed by atoms with Crippen LogP contribution in [0.25, 0.3) is 11.0 Å². The average molecular weight is 368 g/mol. The Morgan fingerprint density at radius 1 is 1.15 bits per heavy atom. The number of fused-ring (bicyclic) bond motifs is 1. The second-order valence-electron chi connectivity index (χ2n) is 5.79. The zero-order valence-electron chi connectivity index (χ0n) is 13.9. The van der Waals surface area contributed by atoms with Crippen LogP contribution < -0.4 is 5.69 Å². The van der Waals surface area contributed by atoms with E-state index in [-0.39, 0.29) is 23.9 Å². The lowest BCUT2D eigenvalue weighted by atomic mass is 10.1. The van der Waals surface area contributed by atoms with E-state index in [4.69, 9.17) is 9.26 Å². The van der Waals surface area contributed by atoms with Crippen LogP contribution >= 0.6 is 0 Å². The van der Waals surface area contributed by atoms with Crippen LogP contribution in [0.3, 0.4) is 0 Å². The fourth-order valence-electron chi connectivity index (χ4n) is 2.64. The van der Waals surface area contributed by atoms with E-state index in [9.17, 15) is 14.0 Å². The zero-order chi connectivity index (χ0) is 18.8. The summed E-state index contributed by atoms with van der Waals surface area (Å²) in [7, 11) is 0. The first-order valence-corrected chi connectivity index (χ1v) is 8.02. The van der Waals surface area contributed by atoms with Crippen molar-refractivity contribution in [2.24, 2.45) is 0 Å². The highest BCUT2D eigenvalue weighted by molar-refractivity contribution is 6.01. The minimum atomic E-state index is -0.630. The molecule has 2 N–H and O–H groups in total. The fourth-order valence-corrected chi connectivity index (χ4v) is 2.64. The summed E-state index contributed by atoms with van der Waals surface area (Å²) in [6, 6.07) is 10.8. The average Bonchev–Trinajstić information content (AvgIpc) is 3.26. The van der Waals surface area contributed by atoms with Crippen molar-refractivity contribution in [1.82, 2.24) is 20.1 Å². The molecule has 136 valence electrons. The summed E-state index contributed by atoms with van der Waals surface area (Å²) in [6.07, 6.45) is 0.363. The van der Waals surface area contributed by atoms with Crippen LogP contribution in [0, 0.1) is 5.82 Å². The second-order valence-corrected chi connectivity index (χ2v) is 5.79. The van der Waals surface area contributed by atoms with Gasteiger partial charge in [-0.3, -0.25) is 0 Å². The molecule has 8 nitrogen and oxygen atoms in total. The van der Waals surface area contributed by atoms with Crippen molar-refractivity contribution in [3.05, 3.63) is 81.6 Å². The summed E-state index contributed by atoms with van der Waals surface area (Å²) in [6.45, 7) is -0.208. The molecule has 0 saturated heterocycles. The lowest BCUT2D eigenvalue weighted by Gasteiger charge is -2.02. The maximum atomic E-state index is 12.9. The molecule has 0 atom stereocenters. The van der Waals surface area contributed by atoms with Gasteiger partial charge in [0.15, 0.2) is 12.4 Å². The first-order valence-electron chi connectivity index (χ1n) is 8.02. The van der Waals surface area contributed by atoms with Crippen molar-refractivity contribution >= 4 is 17.0 Å². The Kier molecular flexibility index (Phi) is 4.25. The van der Waals surface area contributed by atoms with Crippen molar-refractivity contribution in [3.8, 4) is 0 Å². The number of carbonyl (C=O) groups is 1. The van der Waals surface area contributed by atoms with E-state index in [1.807, 2.05) is 0 Å². The number of nitrogens with zero attached hydrogens (tertiary/aromatic N) is 2. The molecule has 0 radical (unpaired) electrons. The third kappa shape index (κ3) is 3.61. The predicted octanol–water partition coefficient (Wildman–Crippen LogP) is 2.33. The van der Waals surface area contributed by atoms with Crippen molar-refractivity contribution in [2.45, 2.75) is 13.0 Å². The number of halogens is 1. The number of aromatic nitrogens is 4. The number of para-hydroxylation sites is 1. The Labute approximate surface area is 151 Å². The molecule has 0 fully saturated rings. The van der Waals surface area contributed by atoms with E-state index in [0.29, 0.717) is 23.3 Å². The first-order chi connectivity index (χ1) is 13.1. The molecule has 0 unspecified atom stereocenters. The Hall–Kier alpha value is -3.75. The maximum Gasteiger partial charge on any atom is 0.340 e. The Balaban J connectivity index is 1.42. The molecular weight excluding hydrogens is 355 g/mol. The molecule has 0 aliphatic heterocycles. The van der Waals surface area contributed by atoms with Crippen molar-refractivity contribution < 1.29 is 18.4 Å². The summed E-state index contributed by atoms with van der Waals surface area (Å²) in [5, 5.41) is 3.81. The predicted molar refractivity (Wildman–Crippen MR) is 91.5 cm³/mol. The summed E-state index contributed by atoms with van der Waals surface area (Å²) < 4.78 is 23.2. The van der Waals surface area contributed by atoms with Gasteiger partial charge in [0.25, 0.3) is 5.89 Å². The van der Waals surface area contributed by atoms with Crippen LogP contribution in [-0.4, -0.2) is 26.1 Å². The molecule has 0 bridgehead atoms. The fraction of sp³-hybridized carbons (Fsp3) is 0.111. The molecule has 0 aliphatic rings. The van der Waals surface area contributed by atoms with Crippen molar-refractivity contribution in [3.63, 3.8) is 0 Å². The number of benzene rings is 2. The first kappa shape index (κ1) is 16.7. The lowest BCUT2D eigenvalue weighted by molar-refractivity contribution is 0.0432. The number of nitrogens with one attached hydrogen (secondary N) is 2. The van der Waals surface area contributed by atoms with Gasteiger partial charge in [0.1, 0.15) is 5.82 Å². The molecule has 0 saturated carbocycles. The van der Waals surface area contributed by atoms with Crippen LogP contribution in [-0.2, 0) is 17.8 Å². The summed E-state index contributed by atoms with van der Waals surface area (Å²) in [5.74, 6) is -0.424. The number of imidazole rings is 1. The second kappa shape index (κ2) is 6.87. The van der Waals surface area contributed by atoms with Gasteiger partial charge in [-0.1, -0.05) is 23.4 Å². The van der Waals surface area contributed by atoms with Gasteiger partial charge < -0.3 is 19.2 Å². The molecule has 4 rings (SSSR count). The molecule has 0 aliphatic carbocycles. The van der Waals surface area contributed by atoms with E-state index in [2.05, 4.69) is 20.1 Å². The number of hydrogen-bond donors (Lipinski definition) is 2. The van der Waals surface area contributed by atoms with Crippen LogP contribution in [0.15, 0.2) is 51.8 Å². The minimum Gasteiger partial charge on any atom is -0.452 e. The molecule has 0 spiro atoms. The van der Waals surface area contributed by atoms with E-state index in [1.54, 1.807) is 30.3 Å². The van der Waals surface area contributed by atoms with Gasteiger partial charge >= 0.3 is 11.7 Å². The third-order valence-corrected chi connectivity index (χ3v) is 3.88. The highest BCUT2D eigenvalue weighted by atomic mass is 19.1. The Morgan fingerprint density at radius 2 is 1.96 bits per heavy atom. The third-order valence-electron chi connectivity index (χ3n) is 3.88. The van der Waals surface area contributed by atoms with Crippen LogP contribution in [0.1, 0.15) is 27.6 Å². The van der Waals surface area contributed by atoms with Crippen LogP contribution in [0.4, 0.5) is 4.39 Å². The standard InChI is InChI=1S/C18H13FN4O4/c19-11-6-4-10(5-7-11)8-14-21-15(27-23-14)9-26-17(24)12-2-1-3-13-16(12)22-18(25)20-13/h1-7H,8-9H2,(H2,20,22,25). The number of esters is 1. The highest BCUT2D eigenvalue weighted by Gasteiger charge is 2.15. The summed E-state index contributed by atoms with van der Waals surface area (Å²) in [4.78, 5) is 33.0. The van der Waals surface area contributed by atoms with Crippen LogP contribution in [0.5, 0.6) is 0 Å². The SMILES string of the molecule is O=C(OCc1nc(Cc2ccc(F)cc2)no1)c1cccc2[nH]c(=O)[nH]c12. The molecule has 2 heterocycles. The van der Waals surface area contributed by atoms with Gasteiger partial charge in [-0.2, -0.15) is 4.98 Å². The molecular formula is C18H13FN4O4. The van der Waals surface area contributed by atoms with E-state index >= 15 is 0 Å². The van der Waals surface area contributed by atoms with Gasteiger partial charge in [0.2, 0.25) is 0 Å². The molecule has 0 amide bonds. The monoisotopic (exact) mass is 368 g/mol. The van der Waals surface area contributed by atoms with E-state index in [1.165, 1.54) is 12.1 Å². The molecule has 9 heteroatoms. The van der Waals surface area contributed by atoms with Gasteiger partial charge in [-0.05, 0) is 29.8 Å². The summed E-state index contributed by atoms with van der Waals surface area (Å²) >= 11 is 0. The van der Waals surface area contributed by atoms with Gasteiger partial charge in [0.05, 0.1) is 16.6 Å².